The van der Waals surface area contributed by atoms with Gasteiger partial charge in [-0.1, -0.05) is 43.2 Å². The van der Waals surface area contributed by atoms with E-state index < -0.39 is 6.10 Å². The normalized spacial score (nSPS) is 20.0. The zero-order chi connectivity index (χ0) is 18.5. The van der Waals surface area contributed by atoms with Gasteiger partial charge in [0.2, 0.25) is 0 Å². The van der Waals surface area contributed by atoms with E-state index in [0.29, 0.717) is 12.1 Å². The third-order valence-corrected chi connectivity index (χ3v) is 6.02. The molecule has 0 aliphatic heterocycles. The largest absolute Gasteiger partial charge is 0.391 e. The molecule has 0 saturated heterocycles. The highest BCUT2D eigenvalue weighted by Gasteiger charge is 2.31. The van der Waals surface area contributed by atoms with Crippen molar-refractivity contribution in [3.8, 4) is 11.1 Å². The minimum absolute atomic E-state index is 0.0157. The molecule has 3 nitrogen and oxygen atoms in total. The van der Waals surface area contributed by atoms with Gasteiger partial charge in [0, 0.05) is 17.0 Å². The zero-order valence-electron chi connectivity index (χ0n) is 15.5. The topological polar surface area (TPSA) is 40.5 Å². The summed E-state index contributed by atoms with van der Waals surface area (Å²) in [5.41, 5.74) is 2.90. The molecular formula is C22H27NO2S. The van der Waals surface area contributed by atoms with Crippen LogP contribution in [0, 0.1) is 0 Å². The van der Waals surface area contributed by atoms with Crippen LogP contribution in [0.15, 0.2) is 53.4 Å². The molecule has 1 aliphatic carbocycles. The van der Waals surface area contributed by atoms with Crippen LogP contribution in [0.5, 0.6) is 0 Å². The minimum atomic E-state index is -0.409. The maximum atomic E-state index is 13.2. The molecule has 0 radical (unpaired) electrons. The fourth-order valence-corrected chi connectivity index (χ4v) is 4.47. The molecule has 0 bridgehead atoms. The van der Waals surface area contributed by atoms with Gasteiger partial charge in [-0.3, -0.25) is 4.79 Å². The summed E-state index contributed by atoms with van der Waals surface area (Å²) >= 11 is 1.71. The van der Waals surface area contributed by atoms with Crippen molar-refractivity contribution in [1.82, 2.24) is 4.90 Å². The van der Waals surface area contributed by atoms with E-state index in [1.165, 1.54) is 4.90 Å². The first kappa shape index (κ1) is 19.0. The highest BCUT2D eigenvalue weighted by molar-refractivity contribution is 7.98. The lowest BCUT2D eigenvalue weighted by molar-refractivity contribution is 0.0196. The molecule has 138 valence electrons. The summed E-state index contributed by atoms with van der Waals surface area (Å²) in [6.07, 6.45) is 5.45. The highest BCUT2D eigenvalue weighted by atomic mass is 32.2. The van der Waals surface area contributed by atoms with Gasteiger partial charge in [0.05, 0.1) is 12.1 Å². The first-order chi connectivity index (χ1) is 12.7. The lowest BCUT2D eigenvalue weighted by Crippen LogP contribution is -2.48. The molecule has 2 unspecified atom stereocenters. The maximum Gasteiger partial charge on any atom is 0.254 e. The molecule has 1 amide bonds. The Labute approximate surface area is 160 Å². The Morgan fingerprint density at radius 3 is 2.65 bits per heavy atom. The van der Waals surface area contributed by atoms with Gasteiger partial charge in [0.1, 0.15) is 0 Å². The molecule has 2 atom stereocenters. The summed E-state index contributed by atoms with van der Waals surface area (Å²) in [6, 6.07) is 16.1. The molecule has 3 rings (SSSR count). The fraction of sp³-hybridized carbons (Fsp3) is 0.409. The van der Waals surface area contributed by atoms with Crippen molar-refractivity contribution < 1.29 is 9.90 Å². The van der Waals surface area contributed by atoms with Gasteiger partial charge in [0.25, 0.3) is 5.91 Å². The average molecular weight is 370 g/mol. The predicted octanol–water partition coefficient (Wildman–Crippen LogP) is 4.84. The van der Waals surface area contributed by atoms with Crippen LogP contribution in [-0.4, -0.2) is 40.9 Å². The van der Waals surface area contributed by atoms with Crippen LogP contribution in [0.1, 0.15) is 43.0 Å². The summed E-state index contributed by atoms with van der Waals surface area (Å²) in [5.74, 6) is 0.0157. The van der Waals surface area contributed by atoms with Gasteiger partial charge >= 0.3 is 0 Å². The number of hydrogen-bond acceptors (Lipinski definition) is 3. The van der Waals surface area contributed by atoms with Gasteiger partial charge in [-0.25, -0.2) is 0 Å². The Kier molecular flexibility index (Phi) is 6.38. The molecule has 2 aromatic carbocycles. The van der Waals surface area contributed by atoms with Crippen molar-refractivity contribution in [1.29, 1.82) is 0 Å². The second-order valence-electron chi connectivity index (χ2n) is 6.79. The summed E-state index contributed by atoms with van der Waals surface area (Å²) < 4.78 is 0. The van der Waals surface area contributed by atoms with Crippen LogP contribution < -0.4 is 0 Å². The molecule has 1 saturated carbocycles. The number of aliphatic hydroxyl groups excluding tert-OH is 1. The Morgan fingerprint density at radius 1 is 1.15 bits per heavy atom. The summed E-state index contributed by atoms with van der Waals surface area (Å²) in [7, 11) is 0. The second-order valence-corrected chi connectivity index (χ2v) is 7.64. The van der Waals surface area contributed by atoms with Crippen LogP contribution >= 0.6 is 11.8 Å². The van der Waals surface area contributed by atoms with Crippen molar-refractivity contribution in [2.24, 2.45) is 0 Å². The number of carbonyl (C=O) groups excluding carboxylic acids is 1. The van der Waals surface area contributed by atoms with Gasteiger partial charge in [-0.15, -0.1) is 11.8 Å². The number of aliphatic hydroxyl groups is 1. The van der Waals surface area contributed by atoms with Crippen molar-refractivity contribution >= 4 is 17.7 Å². The summed E-state index contributed by atoms with van der Waals surface area (Å²) in [4.78, 5) is 16.2. The molecule has 4 heteroatoms. The highest BCUT2D eigenvalue weighted by Crippen LogP contribution is 2.31. The molecule has 1 aliphatic rings. The average Bonchev–Trinajstić information content (AvgIpc) is 2.70. The number of benzene rings is 2. The van der Waals surface area contributed by atoms with Crippen molar-refractivity contribution in [2.75, 3.05) is 12.8 Å². The molecule has 2 aromatic rings. The van der Waals surface area contributed by atoms with Gasteiger partial charge in [-0.2, -0.15) is 0 Å². The number of rotatable bonds is 5. The Hall–Kier alpha value is -1.78. The molecule has 1 fully saturated rings. The van der Waals surface area contributed by atoms with Crippen LogP contribution in [-0.2, 0) is 0 Å². The van der Waals surface area contributed by atoms with Crippen LogP contribution in [0.2, 0.25) is 0 Å². The van der Waals surface area contributed by atoms with Crippen molar-refractivity contribution in [3.05, 3.63) is 54.1 Å². The number of thioether (sulfide) groups is 1. The lowest BCUT2D eigenvalue weighted by atomic mass is 9.91. The van der Waals surface area contributed by atoms with E-state index >= 15 is 0 Å². The van der Waals surface area contributed by atoms with Crippen molar-refractivity contribution in [2.45, 2.75) is 49.6 Å². The van der Waals surface area contributed by atoms with Crippen LogP contribution in [0.3, 0.4) is 0 Å². The molecule has 0 heterocycles. The van der Waals surface area contributed by atoms with Gasteiger partial charge in [-0.05, 0) is 55.3 Å². The standard InChI is InChI=1S/C22H27NO2S/c1-3-23(19-12-5-6-13-20(19)24)22(25)17-10-8-9-16(15-17)18-11-4-7-14-21(18)26-2/h4,7-11,14-15,19-20,24H,3,5-6,12-13H2,1-2H3. The number of likely N-dealkylation sites (N-methyl/N-ethyl adjacent to an activating group) is 1. The number of amides is 1. The monoisotopic (exact) mass is 369 g/mol. The number of hydrogen-bond donors (Lipinski definition) is 1. The lowest BCUT2D eigenvalue weighted by Gasteiger charge is -2.37. The number of nitrogens with zero attached hydrogens (tertiary/aromatic N) is 1. The quantitative estimate of drug-likeness (QED) is 0.767. The first-order valence-electron chi connectivity index (χ1n) is 9.38. The Balaban J connectivity index is 1.90. The third kappa shape index (κ3) is 3.97. The zero-order valence-corrected chi connectivity index (χ0v) is 16.3. The smallest absolute Gasteiger partial charge is 0.254 e. The van der Waals surface area contributed by atoms with Crippen molar-refractivity contribution in [3.63, 3.8) is 0 Å². The van der Waals surface area contributed by atoms with E-state index in [0.717, 1.165) is 36.8 Å². The molecular weight excluding hydrogens is 342 g/mol. The van der Waals surface area contributed by atoms with Gasteiger partial charge in [0.15, 0.2) is 0 Å². The van der Waals surface area contributed by atoms with E-state index in [1.54, 1.807) is 11.8 Å². The molecule has 0 spiro atoms. The molecule has 26 heavy (non-hydrogen) atoms. The summed E-state index contributed by atoms with van der Waals surface area (Å²) in [6.45, 7) is 2.61. The molecule has 0 aromatic heterocycles. The molecule has 1 N–H and O–H groups in total. The minimum Gasteiger partial charge on any atom is -0.391 e. The van der Waals surface area contributed by atoms with Crippen LogP contribution in [0.4, 0.5) is 0 Å². The van der Waals surface area contributed by atoms with E-state index in [2.05, 4.69) is 24.5 Å². The fourth-order valence-electron chi connectivity index (χ4n) is 3.85. The number of carbonyl (C=O) groups is 1. The second kappa shape index (κ2) is 8.74. The Bertz CT molecular complexity index is 761. The van der Waals surface area contributed by atoms with E-state index in [4.69, 9.17) is 0 Å². The third-order valence-electron chi connectivity index (χ3n) is 5.22. The predicted molar refractivity (Wildman–Crippen MR) is 109 cm³/mol. The van der Waals surface area contributed by atoms with E-state index in [9.17, 15) is 9.90 Å². The van der Waals surface area contributed by atoms with E-state index in [1.807, 2.05) is 42.2 Å². The maximum absolute atomic E-state index is 13.2. The summed E-state index contributed by atoms with van der Waals surface area (Å²) in [5, 5.41) is 10.4. The SMILES string of the molecule is CCN(C(=O)c1cccc(-c2ccccc2SC)c1)C1CCCCC1O. The van der Waals surface area contributed by atoms with Crippen LogP contribution in [0.25, 0.3) is 11.1 Å². The Morgan fingerprint density at radius 2 is 1.92 bits per heavy atom. The van der Waals surface area contributed by atoms with Gasteiger partial charge < -0.3 is 10.0 Å². The van der Waals surface area contributed by atoms with E-state index in [-0.39, 0.29) is 11.9 Å². The first-order valence-corrected chi connectivity index (χ1v) is 10.6.